The second kappa shape index (κ2) is 5.82. The summed E-state index contributed by atoms with van der Waals surface area (Å²) in [4.78, 5) is 14.0. The lowest BCUT2D eigenvalue weighted by Gasteiger charge is -2.21. The van der Waals surface area contributed by atoms with E-state index in [2.05, 4.69) is 0 Å². The molecule has 0 saturated heterocycles. The van der Waals surface area contributed by atoms with Gasteiger partial charge in [0.2, 0.25) is 0 Å². The van der Waals surface area contributed by atoms with Crippen LogP contribution in [0, 0.1) is 12.8 Å². The van der Waals surface area contributed by atoms with Crippen molar-refractivity contribution in [2.45, 2.75) is 13.8 Å². The lowest BCUT2D eigenvalue weighted by molar-refractivity contribution is 0.0784. The molecule has 1 amide bonds. The van der Waals surface area contributed by atoms with Gasteiger partial charge >= 0.3 is 0 Å². The normalized spacial score (nSPS) is 11.9. The molecule has 3 N–H and O–H groups in total. The molecule has 1 aromatic rings. The van der Waals surface area contributed by atoms with Crippen LogP contribution in [-0.4, -0.2) is 34.5 Å². The smallest absolute Gasteiger partial charge is 0.257 e. The molecule has 0 saturated carbocycles. The molecule has 0 radical (unpaired) electrons. The van der Waals surface area contributed by atoms with Crippen LogP contribution in [0.15, 0.2) is 18.2 Å². The van der Waals surface area contributed by atoms with Crippen molar-refractivity contribution < 1.29 is 9.90 Å². The quantitative estimate of drug-likeness (QED) is 0.814. The van der Waals surface area contributed by atoms with Gasteiger partial charge in [-0.15, -0.1) is 0 Å². The number of rotatable bonds is 4. The maximum Gasteiger partial charge on any atom is 0.257 e. The lowest BCUT2D eigenvalue weighted by atomic mass is 10.1. The molecule has 98 valence electrons. The van der Waals surface area contributed by atoms with E-state index < -0.39 is 0 Å². The number of phenols is 1. The third kappa shape index (κ3) is 3.43. The van der Waals surface area contributed by atoms with Crippen molar-refractivity contribution in [1.82, 2.24) is 4.90 Å². The van der Waals surface area contributed by atoms with Gasteiger partial charge in [0.05, 0.1) is 10.6 Å². The molecular weight excluding hydrogens is 248 g/mol. The molecule has 5 heteroatoms. The first-order valence-corrected chi connectivity index (χ1v) is 6.08. The Morgan fingerprint density at radius 3 is 2.72 bits per heavy atom. The van der Waals surface area contributed by atoms with E-state index >= 15 is 0 Å². The Hall–Kier alpha value is -1.62. The standard InChI is InChI=1S/C13H18N2O2S/c1-8-4-5-11(16)10(6-8)13(17)15(3)7-9(2)12(14)18/h4-6,9,16H,7H2,1-3H3,(H2,14,18). The first-order valence-electron chi connectivity index (χ1n) is 5.67. The number of hydrogen-bond donors (Lipinski definition) is 2. The molecule has 0 spiro atoms. The van der Waals surface area contributed by atoms with Gasteiger partial charge in [-0.1, -0.05) is 30.8 Å². The number of amides is 1. The van der Waals surface area contributed by atoms with Crippen molar-refractivity contribution in [3.8, 4) is 5.75 Å². The minimum atomic E-state index is -0.237. The highest BCUT2D eigenvalue weighted by molar-refractivity contribution is 7.80. The summed E-state index contributed by atoms with van der Waals surface area (Å²) in [7, 11) is 1.67. The van der Waals surface area contributed by atoms with E-state index in [-0.39, 0.29) is 17.6 Å². The van der Waals surface area contributed by atoms with E-state index in [1.54, 1.807) is 19.2 Å². The molecule has 0 bridgehead atoms. The Bertz CT molecular complexity index is 474. The molecule has 1 atom stereocenters. The fourth-order valence-corrected chi connectivity index (χ4v) is 1.69. The van der Waals surface area contributed by atoms with Crippen molar-refractivity contribution in [3.63, 3.8) is 0 Å². The number of thiocarbonyl (C=S) groups is 1. The van der Waals surface area contributed by atoms with Crippen LogP contribution in [0.2, 0.25) is 0 Å². The topological polar surface area (TPSA) is 66.6 Å². The number of phenolic OH excluding ortho intramolecular Hbond substituents is 1. The summed E-state index contributed by atoms with van der Waals surface area (Å²) in [6.45, 7) is 4.16. The van der Waals surface area contributed by atoms with E-state index in [9.17, 15) is 9.90 Å². The third-order valence-electron chi connectivity index (χ3n) is 2.76. The van der Waals surface area contributed by atoms with Gasteiger partial charge in [0.1, 0.15) is 5.75 Å². The fraction of sp³-hybridized carbons (Fsp3) is 0.385. The van der Waals surface area contributed by atoms with Gasteiger partial charge in [-0.25, -0.2) is 0 Å². The maximum absolute atomic E-state index is 12.2. The average molecular weight is 266 g/mol. The van der Waals surface area contributed by atoms with Gasteiger partial charge < -0.3 is 15.7 Å². The van der Waals surface area contributed by atoms with Gasteiger partial charge in [0, 0.05) is 19.5 Å². The first kappa shape index (κ1) is 14.4. The van der Waals surface area contributed by atoms with E-state index in [1.807, 2.05) is 13.8 Å². The molecule has 0 aliphatic carbocycles. The predicted molar refractivity (Wildman–Crippen MR) is 75.8 cm³/mol. The molecule has 0 aromatic heterocycles. The summed E-state index contributed by atoms with van der Waals surface area (Å²) in [5, 5.41) is 9.70. The van der Waals surface area contributed by atoms with E-state index in [0.717, 1.165) is 5.56 Å². The largest absolute Gasteiger partial charge is 0.507 e. The van der Waals surface area contributed by atoms with E-state index in [0.29, 0.717) is 17.1 Å². The Kier molecular flexibility index (Phi) is 4.67. The van der Waals surface area contributed by atoms with Crippen LogP contribution in [0.25, 0.3) is 0 Å². The molecule has 0 aliphatic heterocycles. The second-order valence-corrected chi connectivity index (χ2v) is 4.98. The van der Waals surface area contributed by atoms with Crippen molar-refractivity contribution in [2.24, 2.45) is 11.7 Å². The zero-order valence-electron chi connectivity index (χ0n) is 10.8. The zero-order valence-corrected chi connectivity index (χ0v) is 11.6. The molecule has 0 fully saturated rings. The van der Waals surface area contributed by atoms with Crippen LogP contribution in [0.5, 0.6) is 5.75 Å². The predicted octanol–water partition coefficient (Wildman–Crippen LogP) is 1.69. The van der Waals surface area contributed by atoms with Crippen LogP contribution >= 0.6 is 12.2 Å². The van der Waals surface area contributed by atoms with Crippen molar-refractivity contribution in [1.29, 1.82) is 0 Å². The van der Waals surface area contributed by atoms with Crippen LogP contribution in [-0.2, 0) is 0 Å². The number of hydrogen-bond acceptors (Lipinski definition) is 3. The number of nitrogens with two attached hydrogens (primary N) is 1. The van der Waals surface area contributed by atoms with Crippen molar-refractivity contribution >= 4 is 23.1 Å². The number of aryl methyl sites for hydroxylation is 1. The first-order chi connectivity index (χ1) is 8.32. The van der Waals surface area contributed by atoms with Crippen LogP contribution in [0.4, 0.5) is 0 Å². The Labute approximate surface area is 112 Å². The summed E-state index contributed by atoms with van der Waals surface area (Å²) in [5.74, 6) is -0.305. The summed E-state index contributed by atoms with van der Waals surface area (Å²) < 4.78 is 0. The molecule has 1 unspecified atom stereocenters. The molecule has 4 nitrogen and oxygen atoms in total. The minimum Gasteiger partial charge on any atom is -0.507 e. The lowest BCUT2D eigenvalue weighted by Crippen LogP contribution is -2.35. The van der Waals surface area contributed by atoms with Crippen LogP contribution < -0.4 is 5.73 Å². The molecule has 18 heavy (non-hydrogen) atoms. The SMILES string of the molecule is Cc1ccc(O)c(C(=O)N(C)CC(C)C(N)=S)c1. The maximum atomic E-state index is 12.2. The molecule has 0 aliphatic rings. The Balaban J connectivity index is 2.86. The summed E-state index contributed by atoms with van der Waals surface area (Å²) >= 11 is 4.88. The highest BCUT2D eigenvalue weighted by Crippen LogP contribution is 2.20. The monoisotopic (exact) mass is 266 g/mol. The van der Waals surface area contributed by atoms with Gasteiger partial charge in [0.15, 0.2) is 0 Å². The van der Waals surface area contributed by atoms with Gasteiger partial charge in [0.25, 0.3) is 5.91 Å². The van der Waals surface area contributed by atoms with E-state index in [1.165, 1.54) is 11.0 Å². The minimum absolute atomic E-state index is 0.0135. The molecular formula is C13H18N2O2S. The third-order valence-corrected chi connectivity index (χ3v) is 3.16. The second-order valence-electron chi connectivity index (χ2n) is 4.51. The summed E-state index contributed by atoms with van der Waals surface area (Å²) in [6.07, 6.45) is 0. The summed E-state index contributed by atoms with van der Waals surface area (Å²) in [6, 6.07) is 4.94. The highest BCUT2D eigenvalue weighted by atomic mass is 32.1. The van der Waals surface area contributed by atoms with Crippen LogP contribution in [0.3, 0.4) is 0 Å². The zero-order chi connectivity index (χ0) is 13.9. The summed E-state index contributed by atoms with van der Waals surface area (Å²) in [5.41, 5.74) is 6.74. The van der Waals surface area contributed by atoms with E-state index in [4.69, 9.17) is 18.0 Å². The molecule has 1 rings (SSSR count). The van der Waals surface area contributed by atoms with Crippen molar-refractivity contribution in [2.75, 3.05) is 13.6 Å². The Morgan fingerprint density at radius 2 is 2.17 bits per heavy atom. The van der Waals surface area contributed by atoms with Gasteiger partial charge in [-0.2, -0.15) is 0 Å². The number of carbonyl (C=O) groups is 1. The average Bonchev–Trinajstić information content (AvgIpc) is 2.31. The van der Waals surface area contributed by atoms with Gasteiger partial charge in [-0.05, 0) is 19.1 Å². The molecule has 1 aromatic carbocycles. The Morgan fingerprint density at radius 1 is 1.56 bits per heavy atom. The highest BCUT2D eigenvalue weighted by Gasteiger charge is 2.18. The number of benzene rings is 1. The molecule has 0 heterocycles. The van der Waals surface area contributed by atoms with Crippen LogP contribution in [0.1, 0.15) is 22.8 Å². The number of nitrogens with zero attached hydrogens (tertiary/aromatic N) is 1. The van der Waals surface area contributed by atoms with Crippen molar-refractivity contribution in [3.05, 3.63) is 29.3 Å². The number of aromatic hydroxyl groups is 1. The van der Waals surface area contributed by atoms with Gasteiger partial charge in [-0.3, -0.25) is 4.79 Å². The fourth-order valence-electron chi connectivity index (χ4n) is 1.61. The number of carbonyl (C=O) groups excluding carboxylic acids is 1.